The number of hydrogen-bond donors (Lipinski definition) is 0. The highest BCUT2D eigenvalue weighted by molar-refractivity contribution is 6.31. The predicted octanol–water partition coefficient (Wildman–Crippen LogP) is 2.89. The van der Waals surface area contributed by atoms with Gasteiger partial charge >= 0.3 is 0 Å². The Bertz CT molecular complexity index is 531. The third-order valence-electron chi connectivity index (χ3n) is 3.52. The normalized spacial score (nSPS) is 11.6. The lowest BCUT2D eigenvalue weighted by Gasteiger charge is -2.28. The second-order valence-electron chi connectivity index (χ2n) is 4.76. The number of rotatable bonds is 6. The average molecular weight is 309 g/mol. The summed E-state index contributed by atoms with van der Waals surface area (Å²) >= 11 is 6.16. The van der Waals surface area contributed by atoms with E-state index in [0.29, 0.717) is 11.6 Å². The number of halogens is 1. The summed E-state index contributed by atoms with van der Waals surface area (Å²) in [6.45, 7) is 7.67. The maximum Gasteiger partial charge on any atom is 0.246 e. The molecule has 0 aliphatic heterocycles. The standard InChI is InChI=1S/C16H21ClN2O2/c1-5-15(20)19(6-2)11-16(21)18(4)12(3)13-9-7-8-10-14(13)17/h5,7-10,12H,1,6,11H2,2-4H3. The van der Waals surface area contributed by atoms with Gasteiger partial charge in [0.2, 0.25) is 11.8 Å². The highest BCUT2D eigenvalue weighted by Gasteiger charge is 2.22. The number of hydrogen-bond acceptors (Lipinski definition) is 2. The Hall–Kier alpha value is -1.81. The molecule has 1 aromatic carbocycles. The van der Waals surface area contributed by atoms with Gasteiger partial charge in [0.1, 0.15) is 6.54 Å². The first kappa shape index (κ1) is 17.2. The molecule has 2 amide bonds. The number of carbonyl (C=O) groups is 2. The third kappa shape index (κ3) is 4.33. The van der Waals surface area contributed by atoms with Crippen molar-refractivity contribution in [2.75, 3.05) is 20.1 Å². The zero-order chi connectivity index (χ0) is 16.0. The molecule has 0 aromatic heterocycles. The Morgan fingerprint density at radius 1 is 1.38 bits per heavy atom. The van der Waals surface area contributed by atoms with Crippen molar-refractivity contribution < 1.29 is 9.59 Å². The molecular formula is C16H21ClN2O2. The SMILES string of the molecule is C=CC(=O)N(CC)CC(=O)N(C)C(C)c1ccccc1Cl. The first-order chi connectivity index (χ1) is 9.92. The number of amides is 2. The zero-order valence-corrected chi connectivity index (χ0v) is 13.4. The van der Waals surface area contributed by atoms with E-state index in [4.69, 9.17) is 11.6 Å². The largest absolute Gasteiger partial charge is 0.337 e. The Labute approximate surface area is 131 Å². The van der Waals surface area contributed by atoms with Crippen LogP contribution in [0.2, 0.25) is 5.02 Å². The molecule has 0 saturated carbocycles. The summed E-state index contributed by atoms with van der Waals surface area (Å²) < 4.78 is 0. The van der Waals surface area contributed by atoms with Crippen LogP contribution in [0.4, 0.5) is 0 Å². The van der Waals surface area contributed by atoms with Crippen molar-refractivity contribution in [1.82, 2.24) is 9.80 Å². The molecule has 1 unspecified atom stereocenters. The van der Waals surface area contributed by atoms with E-state index in [9.17, 15) is 9.59 Å². The summed E-state index contributed by atoms with van der Waals surface area (Å²) in [6, 6.07) is 7.26. The maximum atomic E-state index is 12.3. The highest BCUT2D eigenvalue weighted by atomic mass is 35.5. The Morgan fingerprint density at radius 3 is 2.52 bits per heavy atom. The molecule has 0 bridgehead atoms. The van der Waals surface area contributed by atoms with Crippen LogP contribution in [-0.4, -0.2) is 41.8 Å². The second-order valence-corrected chi connectivity index (χ2v) is 5.17. The van der Waals surface area contributed by atoms with Gasteiger partial charge in [0.15, 0.2) is 0 Å². The maximum absolute atomic E-state index is 12.3. The molecule has 21 heavy (non-hydrogen) atoms. The van der Waals surface area contributed by atoms with E-state index in [1.54, 1.807) is 18.0 Å². The Kier molecular flexibility index (Phi) is 6.43. The van der Waals surface area contributed by atoms with Crippen molar-refractivity contribution in [3.8, 4) is 0 Å². The van der Waals surface area contributed by atoms with Gasteiger partial charge in [0.05, 0.1) is 6.04 Å². The molecule has 0 radical (unpaired) electrons. The van der Waals surface area contributed by atoms with Crippen LogP contribution in [0.5, 0.6) is 0 Å². The molecule has 1 aromatic rings. The van der Waals surface area contributed by atoms with Crippen LogP contribution in [0.1, 0.15) is 25.5 Å². The molecule has 1 atom stereocenters. The minimum absolute atomic E-state index is 0.0344. The number of carbonyl (C=O) groups excluding carboxylic acids is 2. The van der Waals surface area contributed by atoms with Gasteiger partial charge in [0, 0.05) is 18.6 Å². The summed E-state index contributed by atoms with van der Waals surface area (Å²) in [7, 11) is 1.71. The average Bonchev–Trinajstić information content (AvgIpc) is 2.50. The van der Waals surface area contributed by atoms with Gasteiger partial charge in [0.25, 0.3) is 0 Å². The Balaban J connectivity index is 2.80. The molecule has 0 heterocycles. The van der Waals surface area contributed by atoms with Crippen LogP contribution in [0.15, 0.2) is 36.9 Å². The quantitative estimate of drug-likeness (QED) is 0.758. The highest BCUT2D eigenvalue weighted by Crippen LogP contribution is 2.26. The summed E-state index contributed by atoms with van der Waals surface area (Å²) in [6.07, 6.45) is 1.22. The van der Waals surface area contributed by atoms with Gasteiger partial charge in [-0.15, -0.1) is 0 Å². The van der Waals surface area contributed by atoms with Crippen molar-refractivity contribution in [2.45, 2.75) is 19.9 Å². The van der Waals surface area contributed by atoms with Crippen molar-refractivity contribution in [2.24, 2.45) is 0 Å². The van der Waals surface area contributed by atoms with Gasteiger partial charge in [-0.05, 0) is 31.6 Å². The van der Waals surface area contributed by atoms with Crippen LogP contribution < -0.4 is 0 Å². The van der Waals surface area contributed by atoms with E-state index in [2.05, 4.69) is 6.58 Å². The van der Waals surface area contributed by atoms with Gasteiger partial charge < -0.3 is 9.80 Å². The number of likely N-dealkylation sites (N-methyl/N-ethyl adjacent to an activating group) is 2. The van der Waals surface area contributed by atoms with E-state index >= 15 is 0 Å². The molecule has 1 rings (SSSR count). The van der Waals surface area contributed by atoms with Crippen molar-refractivity contribution in [3.63, 3.8) is 0 Å². The van der Waals surface area contributed by atoms with E-state index in [1.165, 1.54) is 11.0 Å². The topological polar surface area (TPSA) is 40.6 Å². The molecule has 0 aliphatic carbocycles. The van der Waals surface area contributed by atoms with Crippen LogP contribution in [-0.2, 0) is 9.59 Å². The molecule has 4 nitrogen and oxygen atoms in total. The van der Waals surface area contributed by atoms with E-state index in [0.717, 1.165) is 5.56 Å². The first-order valence-electron chi connectivity index (χ1n) is 6.83. The molecule has 0 saturated heterocycles. The van der Waals surface area contributed by atoms with Crippen LogP contribution in [0.3, 0.4) is 0 Å². The first-order valence-corrected chi connectivity index (χ1v) is 7.21. The van der Waals surface area contributed by atoms with Crippen molar-refractivity contribution in [3.05, 3.63) is 47.5 Å². The van der Waals surface area contributed by atoms with Crippen LogP contribution in [0, 0.1) is 0 Å². The van der Waals surface area contributed by atoms with Gasteiger partial charge in [-0.2, -0.15) is 0 Å². The fraction of sp³-hybridized carbons (Fsp3) is 0.375. The summed E-state index contributed by atoms with van der Waals surface area (Å²) in [4.78, 5) is 27.0. The van der Waals surface area contributed by atoms with E-state index < -0.39 is 0 Å². The number of nitrogens with zero attached hydrogens (tertiary/aromatic N) is 2. The van der Waals surface area contributed by atoms with Crippen LogP contribution >= 0.6 is 11.6 Å². The lowest BCUT2D eigenvalue weighted by molar-refractivity contribution is -0.138. The predicted molar refractivity (Wildman–Crippen MR) is 85.1 cm³/mol. The molecule has 0 N–H and O–H groups in total. The fourth-order valence-corrected chi connectivity index (χ4v) is 2.28. The molecule has 5 heteroatoms. The van der Waals surface area contributed by atoms with E-state index in [-0.39, 0.29) is 24.4 Å². The molecular weight excluding hydrogens is 288 g/mol. The monoisotopic (exact) mass is 308 g/mol. The smallest absolute Gasteiger partial charge is 0.246 e. The van der Waals surface area contributed by atoms with Gasteiger partial charge in [-0.25, -0.2) is 0 Å². The van der Waals surface area contributed by atoms with Gasteiger partial charge in [-0.3, -0.25) is 9.59 Å². The minimum atomic E-state index is -0.246. The molecule has 0 spiro atoms. The summed E-state index contributed by atoms with van der Waals surface area (Å²) in [5.74, 6) is -0.385. The van der Waals surface area contributed by atoms with E-state index in [1.807, 2.05) is 32.0 Å². The summed E-state index contributed by atoms with van der Waals surface area (Å²) in [5.41, 5.74) is 0.883. The van der Waals surface area contributed by atoms with Gasteiger partial charge in [-0.1, -0.05) is 36.4 Å². The lowest BCUT2D eigenvalue weighted by Crippen LogP contribution is -2.41. The lowest BCUT2D eigenvalue weighted by atomic mass is 10.1. The van der Waals surface area contributed by atoms with Crippen LogP contribution in [0.25, 0.3) is 0 Å². The molecule has 0 fully saturated rings. The third-order valence-corrected chi connectivity index (χ3v) is 3.87. The van der Waals surface area contributed by atoms with Crippen molar-refractivity contribution >= 4 is 23.4 Å². The fourth-order valence-electron chi connectivity index (χ4n) is 1.99. The van der Waals surface area contributed by atoms with Crippen molar-refractivity contribution in [1.29, 1.82) is 0 Å². The minimum Gasteiger partial charge on any atom is -0.337 e. The zero-order valence-electron chi connectivity index (χ0n) is 12.7. The Morgan fingerprint density at radius 2 is 2.00 bits per heavy atom. The second kappa shape index (κ2) is 7.84. The number of benzene rings is 1. The molecule has 114 valence electrons. The summed E-state index contributed by atoms with van der Waals surface area (Å²) in [5, 5.41) is 0.624. The molecule has 0 aliphatic rings.